The van der Waals surface area contributed by atoms with Gasteiger partial charge in [-0.25, -0.2) is 0 Å². The van der Waals surface area contributed by atoms with Gasteiger partial charge in [0.2, 0.25) is 0 Å². The second-order valence-electron chi connectivity index (χ2n) is 5.69. The maximum Gasteiger partial charge on any atom is 0.0767 e. The molecule has 1 atom stereocenters. The molecule has 90 valence electrons. The van der Waals surface area contributed by atoms with Crippen molar-refractivity contribution in [2.45, 2.75) is 63.1 Å². The van der Waals surface area contributed by atoms with Crippen LogP contribution in [0.1, 0.15) is 51.4 Å². The monoisotopic (exact) mass is 221 g/mol. The Morgan fingerprint density at radius 2 is 2.06 bits per heavy atom. The average molecular weight is 221 g/mol. The molecular weight excluding hydrogens is 198 g/mol. The molecule has 0 bridgehead atoms. The van der Waals surface area contributed by atoms with Crippen molar-refractivity contribution in [2.75, 3.05) is 13.1 Å². The van der Waals surface area contributed by atoms with Gasteiger partial charge in [0.1, 0.15) is 0 Å². The smallest absolute Gasteiger partial charge is 0.0767 e. The number of rotatable bonds is 1. The van der Waals surface area contributed by atoms with Gasteiger partial charge < -0.3 is 10.1 Å². The molecule has 2 nitrogen and oxygen atoms in total. The van der Waals surface area contributed by atoms with Gasteiger partial charge in [-0.1, -0.05) is 24.5 Å². The Labute approximate surface area is 98.4 Å². The molecule has 2 aliphatic heterocycles. The van der Waals surface area contributed by atoms with E-state index in [1.165, 1.54) is 57.9 Å². The highest BCUT2D eigenvalue weighted by Gasteiger charge is 2.41. The standard InChI is InChI=1S/C14H23NO/c1-2-7-14(6-1)8-5-13(16-14)10-12-4-3-9-15-11-12/h10,13,15H,1-9,11H2/b12-10-. The highest BCUT2D eigenvalue weighted by Crippen LogP contribution is 2.43. The third-order valence-electron chi connectivity index (χ3n) is 4.43. The fraction of sp³-hybridized carbons (Fsp3) is 0.857. The van der Waals surface area contributed by atoms with Crippen LogP contribution in [0.4, 0.5) is 0 Å². The van der Waals surface area contributed by atoms with Gasteiger partial charge in [-0.2, -0.15) is 0 Å². The van der Waals surface area contributed by atoms with Crippen LogP contribution >= 0.6 is 0 Å². The van der Waals surface area contributed by atoms with E-state index in [-0.39, 0.29) is 0 Å². The van der Waals surface area contributed by atoms with Crippen molar-refractivity contribution in [2.24, 2.45) is 0 Å². The van der Waals surface area contributed by atoms with Crippen LogP contribution in [0, 0.1) is 0 Å². The normalized spacial score (nSPS) is 36.2. The summed E-state index contributed by atoms with van der Waals surface area (Å²) in [5, 5.41) is 3.45. The Morgan fingerprint density at radius 1 is 1.19 bits per heavy atom. The van der Waals surface area contributed by atoms with Crippen LogP contribution in [-0.4, -0.2) is 24.8 Å². The summed E-state index contributed by atoms with van der Waals surface area (Å²) in [7, 11) is 0. The van der Waals surface area contributed by atoms with Crippen molar-refractivity contribution in [3.8, 4) is 0 Å². The molecular formula is C14H23NO. The van der Waals surface area contributed by atoms with Crippen LogP contribution in [-0.2, 0) is 4.74 Å². The van der Waals surface area contributed by atoms with E-state index in [1.807, 2.05) is 0 Å². The third-order valence-corrected chi connectivity index (χ3v) is 4.43. The summed E-state index contributed by atoms with van der Waals surface area (Å²) in [6.45, 7) is 2.28. The lowest BCUT2D eigenvalue weighted by Gasteiger charge is -2.23. The second-order valence-corrected chi connectivity index (χ2v) is 5.69. The van der Waals surface area contributed by atoms with Crippen molar-refractivity contribution in [3.63, 3.8) is 0 Å². The second kappa shape index (κ2) is 4.50. The zero-order valence-corrected chi connectivity index (χ0v) is 10.1. The van der Waals surface area contributed by atoms with Crippen LogP contribution < -0.4 is 5.32 Å². The molecule has 3 aliphatic rings. The molecule has 1 unspecified atom stereocenters. The molecule has 1 aliphatic carbocycles. The third kappa shape index (κ3) is 2.18. The molecule has 2 saturated heterocycles. The van der Waals surface area contributed by atoms with Crippen LogP contribution in [0.3, 0.4) is 0 Å². The van der Waals surface area contributed by atoms with Crippen molar-refractivity contribution in [3.05, 3.63) is 11.6 Å². The molecule has 0 radical (unpaired) electrons. The molecule has 2 heteroatoms. The summed E-state index contributed by atoms with van der Waals surface area (Å²) in [5.41, 5.74) is 1.87. The Hall–Kier alpha value is -0.340. The summed E-state index contributed by atoms with van der Waals surface area (Å²) in [6.07, 6.45) is 13.3. The van der Waals surface area contributed by atoms with Crippen molar-refractivity contribution in [1.82, 2.24) is 5.32 Å². The lowest BCUT2D eigenvalue weighted by molar-refractivity contribution is -0.0182. The van der Waals surface area contributed by atoms with Gasteiger partial charge in [-0.3, -0.25) is 0 Å². The number of piperidine rings is 1. The van der Waals surface area contributed by atoms with E-state index in [1.54, 1.807) is 5.57 Å². The van der Waals surface area contributed by atoms with Crippen LogP contribution in [0.2, 0.25) is 0 Å². The number of hydrogen-bond acceptors (Lipinski definition) is 2. The summed E-state index contributed by atoms with van der Waals surface area (Å²) in [5.74, 6) is 0. The summed E-state index contributed by atoms with van der Waals surface area (Å²) in [4.78, 5) is 0. The van der Waals surface area contributed by atoms with Crippen LogP contribution in [0.25, 0.3) is 0 Å². The molecule has 1 N–H and O–H groups in total. The fourth-order valence-corrected chi connectivity index (χ4v) is 3.53. The molecule has 0 aromatic carbocycles. The molecule has 2 heterocycles. The van der Waals surface area contributed by atoms with Gasteiger partial charge in [0.05, 0.1) is 11.7 Å². The fourth-order valence-electron chi connectivity index (χ4n) is 3.53. The molecule has 16 heavy (non-hydrogen) atoms. The Balaban J connectivity index is 1.60. The first-order chi connectivity index (χ1) is 7.86. The molecule has 3 rings (SSSR count). The highest BCUT2D eigenvalue weighted by atomic mass is 16.5. The topological polar surface area (TPSA) is 21.3 Å². The molecule has 0 aromatic rings. The summed E-state index contributed by atoms with van der Waals surface area (Å²) >= 11 is 0. The van der Waals surface area contributed by atoms with E-state index >= 15 is 0 Å². The van der Waals surface area contributed by atoms with E-state index in [9.17, 15) is 0 Å². The van der Waals surface area contributed by atoms with E-state index in [0.29, 0.717) is 11.7 Å². The maximum absolute atomic E-state index is 6.31. The van der Waals surface area contributed by atoms with Gasteiger partial charge in [0.15, 0.2) is 0 Å². The minimum Gasteiger partial charge on any atom is -0.368 e. The lowest BCUT2D eigenvalue weighted by Crippen LogP contribution is -2.26. The maximum atomic E-state index is 6.31. The number of nitrogens with one attached hydrogen (secondary N) is 1. The minimum atomic E-state index is 0.295. The largest absolute Gasteiger partial charge is 0.368 e. The van der Waals surface area contributed by atoms with Crippen molar-refractivity contribution >= 4 is 0 Å². The average Bonchev–Trinajstić information content (AvgIpc) is 2.92. The van der Waals surface area contributed by atoms with Gasteiger partial charge in [-0.05, 0) is 45.1 Å². The zero-order valence-electron chi connectivity index (χ0n) is 10.1. The first-order valence-corrected chi connectivity index (χ1v) is 6.94. The highest BCUT2D eigenvalue weighted by molar-refractivity contribution is 5.11. The van der Waals surface area contributed by atoms with Crippen molar-refractivity contribution < 1.29 is 4.74 Å². The van der Waals surface area contributed by atoms with Crippen LogP contribution in [0.15, 0.2) is 11.6 Å². The minimum absolute atomic E-state index is 0.295. The van der Waals surface area contributed by atoms with E-state index in [2.05, 4.69) is 11.4 Å². The van der Waals surface area contributed by atoms with Gasteiger partial charge in [0.25, 0.3) is 0 Å². The molecule has 3 fully saturated rings. The molecule has 1 spiro atoms. The first kappa shape index (κ1) is 10.8. The van der Waals surface area contributed by atoms with Crippen molar-refractivity contribution in [1.29, 1.82) is 0 Å². The first-order valence-electron chi connectivity index (χ1n) is 6.94. The van der Waals surface area contributed by atoms with Crippen LogP contribution in [0.5, 0.6) is 0 Å². The van der Waals surface area contributed by atoms with Gasteiger partial charge in [-0.15, -0.1) is 0 Å². The van der Waals surface area contributed by atoms with E-state index in [4.69, 9.17) is 4.74 Å². The lowest BCUT2D eigenvalue weighted by atomic mass is 9.97. The molecule has 0 aromatic heterocycles. The van der Waals surface area contributed by atoms with E-state index < -0.39 is 0 Å². The van der Waals surface area contributed by atoms with Gasteiger partial charge >= 0.3 is 0 Å². The summed E-state index contributed by atoms with van der Waals surface area (Å²) in [6, 6.07) is 0. The SMILES string of the molecule is C(=C1\CCCNC1)/C1CCC2(CCCC2)O1. The zero-order chi connectivity index (χ0) is 10.8. The number of hydrogen-bond donors (Lipinski definition) is 1. The molecule has 1 saturated carbocycles. The quantitative estimate of drug-likeness (QED) is 0.687. The number of ether oxygens (including phenoxy) is 1. The Morgan fingerprint density at radius 3 is 2.81 bits per heavy atom. The predicted octanol–water partition coefficient (Wildman–Crippen LogP) is 2.79. The Kier molecular flexibility index (Phi) is 3.03. The Bertz CT molecular complexity index is 270. The predicted molar refractivity (Wildman–Crippen MR) is 65.5 cm³/mol. The molecule has 0 amide bonds. The van der Waals surface area contributed by atoms with E-state index in [0.717, 1.165) is 6.54 Å². The summed E-state index contributed by atoms with van der Waals surface area (Å²) < 4.78 is 6.31. The van der Waals surface area contributed by atoms with Gasteiger partial charge in [0, 0.05) is 6.54 Å².